The summed E-state index contributed by atoms with van der Waals surface area (Å²) in [5.74, 6) is 0. The van der Waals surface area contributed by atoms with Gasteiger partial charge in [-0.25, -0.2) is 4.72 Å². The molecule has 1 aliphatic heterocycles. The van der Waals surface area contributed by atoms with Crippen LogP contribution in [0.4, 0.5) is 5.69 Å². The highest BCUT2D eigenvalue weighted by Gasteiger charge is 2.28. The first-order valence-electron chi connectivity index (χ1n) is 5.15. The molecule has 3 N–H and O–H groups in total. The van der Waals surface area contributed by atoms with Crippen LogP contribution in [0, 0.1) is 0 Å². The van der Waals surface area contributed by atoms with Gasteiger partial charge in [-0.3, -0.25) is 0 Å². The normalized spacial score (nSPS) is 16.3. The second-order valence-electron chi connectivity index (χ2n) is 3.80. The third-order valence-electron chi connectivity index (χ3n) is 2.59. The maximum atomic E-state index is 11.8. The van der Waals surface area contributed by atoms with E-state index in [0.717, 1.165) is 11.1 Å². The van der Waals surface area contributed by atoms with Crippen molar-refractivity contribution in [2.24, 2.45) is 0 Å². The number of nitrogens with two attached hydrogens (primary N) is 1. The molecular weight excluding hydrogens is 226 g/mol. The quantitative estimate of drug-likeness (QED) is 0.754. The smallest absolute Gasteiger partial charge is 0.280 e. The molecule has 0 aliphatic carbocycles. The van der Waals surface area contributed by atoms with Crippen molar-refractivity contribution >= 4 is 15.9 Å². The Morgan fingerprint density at radius 3 is 2.75 bits per heavy atom. The van der Waals surface area contributed by atoms with Crippen LogP contribution < -0.4 is 10.5 Å². The maximum Gasteiger partial charge on any atom is 0.280 e. The van der Waals surface area contributed by atoms with Crippen LogP contribution in [-0.4, -0.2) is 19.3 Å². The molecule has 0 atom stereocenters. The van der Waals surface area contributed by atoms with Gasteiger partial charge in [-0.2, -0.15) is 12.7 Å². The minimum atomic E-state index is -3.35. The van der Waals surface area contributed by atoms with Crippen molar-refractivity contribution in [3.63, 3.8) is 0 Å². The van der Waals surface area contributed by atoms with Gasteiger partial charge in [0.25, 0.3) is 10.2 Å². The Bertz CT molecular complexity index is 499. The number of nitrogen functional groups attached to an aromatic ring is 1. The largest absolute Gasteiger partial charge is 0.399 e. The van der Waals surface area contributed by atoms with E-state index in [-0.39, 0.29) is 0 Å². The van der Waals surface area contributed by atoms with Crippen LogP contribution >= 0.6 is 0 Å². The number of anilines is 1. The molecule has 0 fully saturated rings. The molecule has 5 nitrogen and oxygen atoms in total. The van der Waals surface area contributed by atoms with Crippen LogP contribution in [0.5, 0.6) is 0 Å². The summed E-state index contributed by atoms with van der Waals surface area (Å²) >= 11 is 0. The zero-order valence-corrected chi connectivity index (χ0v) is 9.92. The monoisotopic (exact) mass is 241 g/mol. The second kappa shape index (κ2) is 4.04. The van der Waals surface area contributed by atoms with Crippen molar-refractivity contribution in [2.45, 2.75) is 20.0 Å². The minimum absolute atomic E-state index is 0.399. The van der Waals surface area contributed by atoms with Crippen LogP contribution in [-0.2, 0) is 23.3 Å². The standard InChI is InChI=1S/C10H15N3O2S/c1-2-12-16(14,15)13-6-8-3-4-10(11)5-9(8)7-13/h3-5,12H,2,6-7,11H2,1H3. The Kier molecular flexibility index (Phi) is 2.88. The molecule has 6 heteroatoms. The van der Waals surface area contributed by atoms with E-state index in [4.69, 9.17) is 5.73 Å². The molecule has 1 aromatic rings. The molecule has 2 rings (SSSR count). The molecule has 0 spiro atoms. The Hall–Kier alpha value is -1.11. The van der Waals surface area contributed by atoms with E-state index in [9.17, 15) is 8.42 Å². The fraction of sp³-hybridized carbons (Fsp3) is 0.400. The van der Waals surface area contributed by atoms with Gasteiger partial charge in [-0.15, -0.1) is 0 Å². The maximum absolute atomic E-state index is 11.8. The van der Waals surface area contributed by atoms with Crippen LogP contribution in [0.25, 0.3) is 0 Å². The van der Waals surface area contributed by atoms with E-state index in [1.807, 2.05) is 12.1 Å². The number of nitrogens with zero attached hydrogens (tertiary/aromatic N) is 1. The fourth-order valence-corrected chi connectivity index (χ4v) is 2.99. The number of rotatable bonds is 3. The predicted molar refractivity (Wildman–Crippen MR) is 62.7 cm³/mol. The van der Waals surface area contributed by atoms with E-state index in [2.05, 4.69) is 4.72 Å². The number of fused-ring (bicyclic) bond motifs is 1. The molecule has 0 amide bonds. The van der Waals surface area contributed by atoms with Gasteiger partial charge in [0.2, 0.25) is 0 Å². The minimum Gasteiger partial charge on any atom is -0.399 e. The highest BCUT2D eigenvalue weighted by atomic mass is 32.2. The van der Waals surface area contributed by atoms with E-state index in [1.54, 1.807) is 13.0 Å². The number of hydrogen-bond donors (Lipinski definition) is 2. The molecule has 1 heterocycles. The van der Waals surface area contributed by atoms with Crippen molar-refractivity contribution in [2.75, 3.05) is 12.3 Å². The summed E-state index contributed by atoms with van der Waals surface area (Å²) in [4.78, 5) is 0. The SMILES string of the molecule is CCNS(=O)(=O)N1Cc2ccc(N)cc2C1. The first-order chi connectivity index (χ1) is 7.53. The molecule has 88 valence electrons. The number of benzene rings is 1. The van der Waals surface area contributed by atoms with Crippen LogP contribution in [0.1, 0.15) is 18.1 Å². The Morgan fingerprint density at radius 1 is 1.38 bits per heavy atom. The number of nitrogens with one attached hydrogen (secondary N) is 1. The van der Waals surface area contributed by atoms with E-state index in [0.29, 0.717) is 25.3 Å². The van der Waals surface area contributed by atoms with Gasteiger partial charge in [0.05, 0.1) is 0 Å². The summed E-state index contributed by atoms with van der Waals surface area (Å²) in [7, 11) is -3.35. The van der Waals surface area contributed by atoms with E-state index < -0.39 is 10.2 Å². The van der Waals surface area contributed by atoms with Crippen molar-refractivity contribution in [3.05, 3.63) is 29.3 Å². The molecule has 0 saturated heterocycles. The molecule has 0 aromatic heterocycles. The summed E-state index contributed by atoms with van der Waals surface area (Å²) in [5, 5.41) is 0. The van der Waals surface area contributed by atoms with Crippen LogP contribution in [0.15, 0.2) is 18.2 Å². The average Bonchev–Trinajstić information content (AvgIpc) is 2.61. The van der Waals surface area contributed by atoms with Gasteiger partial charge in [0.15, 0.2) is 0 Å². The lowest BCUT2D eigenvalue weighted by molar-refractivity contribution is 0.423. The Balaban J connectivity index is 2.23. The first kappa shape index (κ1) is 11.4. The first-order valence-corrected chi connectivity index (χ1v) is 6.59. The topological polar surface area (TPSA) is 75.4 Å². The lowest BCUT2D eigenvalue weighted by Gasteiger charge is -2.14. The molecule has 0 unspecified atom stereocenters. The zero-order valence-electron chi connectivity index (χ0n) is 9.10. The molecule has 0 bridgehead atoms. The average molecular weight is 241 g/mol. The lowest BCUT2D eigenvalue weighted by atomic mass is 10.1. The van der Waals surface area contributed by atoms with Crippen molar-refractivity contribution in [1.29, 1.82) is 0 Å². The summed E-state index contributed by atoms with van der Waals surface area (Å²) in [5.41, 5.74) is 8.34. The Labute approximate surface area is 95.4 Å². The third kappa shape index (κ3) is 2.04. The summed E-state index contributed by atoms with van der Waals surface area (Å²) < 4.78 is 27.4. The fourth-order valence-electron chi connectivity index (χ4n) is 1.83. The lowest BCUT2D eigenvalue weighted by Crippen LogP contribution is -2.37. The van der Waals surface area contributed by atoms with E-state index in [1.165, 1.54) is 4.31 Å². The van der Waals surface area contributed by atoms with E-state index >= 15 is 0 Å². The Morgan fingerprint density at radius 2 is 2.06 bits per heavy atom. The van der Waals surface area contributed by atoms with Gasteiger partial charge in [-0.1, -0.05) is 13.0 Å². The summed E-state index contributed by atoms with van der Waals surface area (Å²) in [6.07, 6.45) is 0. The van der Waals surface area contributed by atoms with Crippen LogP contribution in [0.2, 0.25) is 0 Å². The van der Waals surface area contributed by atoms with Gasteiger partial charge in [0, 0.05) is 25.3 Å². The van der Waals surface area contributed by atoms with Gasteiger partial charge in [-0.05, 0) is 23.3 Å². The number of hydrogen-bond acceptors (Lipinski definition) is 3. The summed E-state index contributed by atoms with van der Waals surface area (Å²) in [6.45, 7) is 2.98. The highest BCUT2D eigenvalue weighted by molar-refractivity contribution is 7.87. The van der Waals surface area contributed by atoms with Crippen molar-refractivity contribution in [3.8, 4) is 0 Å². The molecule has 16 heavy (non-hydrogen) atoms. The molecular formula is C10H15N3O2S. The molecule has 0 saturated carbocycles. The van der Waals surface area contributed by atoms with Crippen molar-refractivity contribution < 1.29 is 8.42 Å². The highest BCUT2D eigenvalue weighted by Crippen LogP contribution is 2.26. The zero-order chi connectivity index (χ0) is 11.8. The molecule has 1 aliphatic rings. The van der Waals surface area contributed by atoms with Gasteiger partial charge < -0.3 is 5.73 Å². The summed E-state index contributed by atoms with van der Waals surface area (Å²) in [6, 6.07) is 5.51. The van der Waals surface area contributed by atoms with Gasteiger partial charge >= 0.3 is 0 Å². The van der Waals surface area contributed by atoms with Gasteiger partial charge in [0.1, 0.15) is 0 Å². The second-order valence-corrected chi connectivity index (χ2v) is 5.55. The molecule has 1 aromatic carbocycles. The van der Waals surface area contributed by atoms with Crippen LogP contribution in [0.3, 0.4) is 0 Å². The molecule has 0 radical (unpaired) electrons. The van der Waals surface area contributed by atoms with Crippen molar-refractivity contribution in [1.82, 2.24) is 9.03 Å². The third-order valence-corrected chi connectivity index (χ3v) is 4.18. The predicted octanol–water partition coefficient (Wildman–Crippen LogP) is 0.439.